The van der Waals surface area contributed by atoms with Crippen LogP contribution in [0.2, 0.25) is 0 Å². The molecular weight excluding hydrogens is 258 g/mol. The van der Waals surface area contributed by atoms with Gasteiger partial charge in [-0.2, -0.15) is 0 Å². The number of thiocarbonyl (C=S) groups is 1. The summed E-state index contributed by atoms with van der Waals surface area (Å²) >= 11 is 4.87. The first-order chi connectivity index (χ1) is 9.06. The second kappa shape index (κ2) is 5.67. The van der Waals surface area contributed by atoms with E-state index in [0.717, 1.165) is 17.0 Å². The fraction of sp³-hybridized carbons (Fsp3) is 0.143. The van der Waals surface area contributed by atoms with Gasteiger partial charge in [-0.3, -0.25) is 0 Å². The third-order valence-corrected chi connectivity index (χ3v) is 2.81. The van der Waals surface area contributed by atoms with Crippen LogP contribution in [0, 0.1) is 0 Å². The molecular formula is C14H15N3OS. The summed E-state index contributed by atoms with van der Waals surface area (Å²) in [5.74, 6) is 1.25. The Hall–Kier alpha value is -2.14. The molecule has 0 aliphatic carbocycles. The van der Waals surface area contributed by atoms with Crippen molar-refractivity contribution in [3.63, 3.8) is 0 Å². The normalized spacial score (nSPS) is 10.0. The van der Waals surface area contributed by atoms with Gasteiger partial charge in [0, 0.05) is 43.7 Å². The van der Waals surface area contributed by atoms with Crippen LogP contribution < -0.4 is 15.4 Å². The average molecular weight is 273 g/mol. The molecule has 0 radical (unpaired) electrons. The van der Waals surface area contributed by atoms with E-state index in [1.807, 2.05) is 43.3 Å². The number of rotatable bonds is 4. The quantitative estimate of drug-likeness (QED) is 0.868. The van der Waals surface area contributed by atoms with Crippen molar-refractivity contribution in [3.05, 3.63) is 48.2 Å². The molecule has 98 valence electrons. The Morgan fingerprint density at radius 1 is 1.26 bits per heavy atom. The molecule has 1 heterocycles. The monoisotopic (exact) mass is 273 g/mol. The third kappa shape index (κ3) is 3.42. The summed E-state index contributed by atoms with van der Waals surface area (Å²) in [4.78, 5) is 6.50. The molecule has 0 spiro atoms. The van der Waals surface area contributed by atoms with Crippen LogP contribution in [-0.4, -0.2) is 24.1 Å². The van der Waals surface area contributed by atoms with E-state index in [2.05, 4.69) is 4.98 Å². The molecule has 5 heteroatoms. The molecule has 0 atom stereocenters. The molecule has 19 heavy (non-hydrogen) atoms. The van der Waals surface area contributed by atoms with Crippen LogP contribution >= 0.6 is 12.2 Å². The van der Waals surface area contributed by atoms with Crippen LogP contribution in [0.5, 0.6) is 11.6 Å². The molecule has 0 bridgehead atoms. The maximum atomic E-state index is 5.68. The minimum Gasteiger partial charge on any atom is -0.439 e. The van der Waals surface area contributed by atoms with Crippen LogP contribution in [0.4, 0.5) is 5.69 Å². The maximum Gasteiger partial charge on any atom is 0.219 e. The van der Waals surface area contributed by atoms with Crippen molar-refractivity contribution in [2.75, 3.05) is 19.0 Å². The highest BCUT2D eigenvalue weighted by molar-refractivity contribution is 7.80. The van der Waals surface area contributed by atoms with Crippen LogP contribution in [0.25, 0.3) is 0 Å². The Bertz CT molecular complexity index is 581. The van der Waals surface area contributed by atoms with E-state index in [1.165, 1.54) is 0 Å². The number of nitrogens with two attached hydrogens (primary N) is 1. The maximum absolute atomic E-state index is 5.68. The summed E-state index contributed by atoms with van der Waals surface area (Å²) in [5.41, 5.74) is 7.31. The Morgan fingerprint density at radius 3 is 2.63 bits per heavy atom. The molecule has 0 aliphatic heterocycles. The van der Waals surface area contributed by atoms with Gasteiger partial charge in [0.2, 0.25) is 5.88 Å². The van der Waals surface area contributed by atoms with Crippen molar-refractivity contribution >= 4 is 22.9 Å². The Kier molecular flexibility index (Phi) is 3.97. The van der Waals surface area contributed by atoms with Gasteiger partial charge in [-0.25, -0.2) is 4.98 Å². The predicted molar refractivity (Wildman–Crippen MR) is 81.0 cm³/mol. The van der Waals surface area contributed by atoms with E-state index in [4.69, 9.17) is 22.7 Å². The molecule has 0 fully saturated rings. The summed E-state index contributed by atoms with van der Waals surface area (Å²) in [6, 6.07) is 11.3. The van der Waals surface area contributed by atoms with Crippen LogP contribution in [0.1, 0.15) is 5.56 Å². The number of aromatic nitrogens is 1. The largest absolute Gasteiger partial charge is 0.439 e. The summed E-state index contributed by atoms with van der Waals surface area (Å²) in [7, 11) is 3.96. The lowest BCUT2D eigenvalue weighted by molar-refractivity contribution is 0.463. The topological polar surface area (TPSA) is 51.4 Å². The average Bonchev–Trinajstić information content (AvgIpc) is 2.39. The Morgan fingerprint density at radius 2 is 2.05 bits per heavy atom. The zero-order valence-electron chi connectivity index (χ0n) is 10.8. The fourth-order valence-electron chi connectivity index (χ4n) is 1.53. The number of hydrogen-bond acceptors (Lipinski definition) is 4. The van der Waals surface area contributed by atoms with E-state index >= 15 is 0 Å². The van der Waals surface area contributed by atoms with Gasteiger partial charge < -0.3 is 15.4 Å². The highest BCUT2D eigenvalue weighted by atomic mass is 32.1. The van der Waals surface area contributed by atoms with E-state index in [-0.39, 0.29) is 0 Å². The Labute approximate surface area is 117 Å². The number of nitrogens with zero attached hydrogens (tertiary/aromatic N) is 2. The second-order valence-corrected chi connectivity index (χ2v) is 4.68. The van der Waals surface area contributed by atoms with Crippen molar-refractivity contribution in [3.8, 4) is 11.6 Å². The van der Waals surface area contributed by atoms with Gasteiger partial charge in [-0.1, -0.05) is 18.3 Å². The number of hydrogen-bond donors (Lipinski definition) is 1. The molecule has 2 N–H and O–H groups in total. The molecule has 1 aromatic heterocycles. The molecule has 2 rings (SSSR count). The van der Waals surface area contributed by atoms with Gasteiger partial charge in [-0.05, 0) is 18.2 Å². The SMILES string of the molecule is CN(C)c1cccc(Oc2ccc(C(N)=S)cn2)c1. The highest BCUT2D eigenvalue weighted by Gasteiger charge is 2.02. The Balaban J connectivity index is 2.16. The first-order valence-electron chi connectivity index (χ1n) is 5.77. The minimum absolute atomic E-state index is 0.327. The first-order valence-corrected chi connectivity index (χ1v) is 6.18. The molecule has 0 aliphatic rings. The van der Waals surface area contributed by atoms with Gasteiger partial charge in [0.1, 0.15) is 10.7 Å². The lowest BCUT2D eigenvalue weighted by Gasteiger charge is -2.13. The lowest BCUT2D eigenvalue weighted by atomic mass is 10.3. The zero-order valence-corrected chi connectivity index (χ0v) is 11.6. The number of ether oxygens (including phenoxy) is 1. The summed E-state index contributed by atoms with van der Waals surface area (Å²) in [6.45, 7) is 0. The van der Waals surface area contributed by atoms with Crippen molar-refractivity contribution in [1.29, 1.82) is 0 Å². The summed E-state index contributed by atoms with van der Waals surface area (Å²) < 4.78 is 5.68. The van der Waals surface area contributed by atoms with E-state index in [9.17, 15) is 0 Å². The second-order valence-electron chi connectivity index (χ2n) is 4.24. The highest BCUT2D eigenvalue weighted by Crippen LogP contribution is 2.23. The van der Waals surface area contributed by atoms with E-state index in [0.29, 0.717) is 10.9 Å². The van der Waals surface area contributed by atoms with Gasteiger partial charge in [0.25, 0.3) is 0 Å². The van der Waals surface area contributed by atoms with Crippen molar-refractivity contribution in [2.24, 2.45) is 5.73 Å². The molecule has 1 aromatic carbocycles. The fourth-order valence-corrected chi connectivity index (χ4v) is 1.65. The first kappa shape index (κ1) is 13.3. The van der Waals surface area contributed by atoms with Crippen molar-refractivity contribution < 1.29 is 4.74 Å². The van der Waals surface area contributed by atoms with Crippen LogP contribution in [0.15, 0.2) is 42.6 Å². The number of benzene rings is 1. The van der Waals surface area contributed by atoms with Crippen LogP contribution in [-0.2, 0) is 0 Å². The van der Waals surface area contributed by atoms with Gasteiger partial charge >= 0.3 is 0 Å². The smallest absolute Gasteiger partial charge is 0.219 e. The number of anilines is 1. The van der Waals surface area contributed by atoms with E-state index in [1.54, 1.807) is 18.3 Å². The third-order valence-electron chi connectivity index (χ3n) is 2.58. The molecule has 4 nitrogen and oxygen atoms in total. The molecule has 0 saturated heterocycles. The molecule has 2 aromatic rings. The van der Waals surface area contributed by atoms with Crippen molar-refractivity contribution in [2.45, 2.75) is 0 Å². The van der Waals surface area contributed by atoms with E-state index < -0.39 is 0 Å². The zero-order chi connectivity index (χ0) is 13.8. The summed E-state index contributed by atoms with van der Waals surface area (Å²) in [6.07, 6.45) is 1.60. The van der Waals surface area contributed by atoms with Gasteiger partial charge in [0.15, 0.2) is 0 Å². The minimum atomic E-state index is 0.327. The van der Waals surface area contributed by atoms with Crippen LogP contribution in [0.3, 0.4) is 0 Å². The van der Waals surface area contributed by atoms with Gasteiger partial charge in [-0.15, -0.1) is 0 Å². The number of pyridine rings is 1. The lowest BCUT2D eigenvalue weighted by Crippen LogP contribution is -2.09. The van der Waals surface area contributed by atoms with Gasteiger partial charge in [0.05, 0.1) is 0 Å². The molecule has 0 unspecified atom stereocenters. The molecule has 0 amide bonds. The standard InChI is InChI=1S/C14H15N3OS/c1-17(2)11-4-3-5-12(8-11)18-13-7-6-10(9-16-13)14(15)19/h3-9H,1-2H3,(H2,15,19). The molecule has 0 saturated carbocycles. The van der Waals surface area contributed by atoms with Crippen molar-refractivity contribution in [1.82, 2.24) is 4.98 Å². The summed E-state index contributed by atoms with van der Waals surface area (Å²) in [5, 5.41) is 0. The predicted octanol–water partition coefficient (Wildman–Crippen LogP) is 2.57.